The molecule has 1 aromatic heterocycles. The van der Waals surface area contributed by atoms with Crippen molar-refractivity contribution in [3.05, 3.63) is 51.7 Å². The van der Waals surface area contributed by atoms with E-state index in [1.165, 1.54) is 9.18 Å². The van der Waals surface area contributed by atoms with E-state index >= 15 is 0 Å². The number of hydrogen-bond acceptors (Lipinski definition) is 3. The van der Waals surface area contributed by atoms with Crippen molar-refractivity contribution in [3.8, 4) is 0 Å². The van der Waals surface area contributed by atoms with Gasteiger partial charge in [0.1, 0.15) is 0 Å². The molecule has 0 amide bonds. The molecule has 1 aromatic carbocycles. The summed E-state index contributed by atoms with van der Waals surface area (Å²) in [7, 11) is -1.85. The summed E-state index contributed by atoms with van der Waals surface area (Å²) in [6.45, 7) is 3.93. The van der Waals surface area contributed by atoms with Crippen LogP contribution < -0.4 is 0 Å². The van der Waals surface area contributed by atoms with Crippen LogP contribution in [-0.4, -0.2) is 19.8 Å². The summed E-state index contributed by atoms with van der Waals surface area (Å²) < 4.78 is 26.8. The summed E-state index contributed by atoms with van der Waals surface area (Å²) in [6, 6.07) is 10.8. The average Bonchev–Trinajstić information content (AvgIpc) is 2.92. The van der Waals surface area contributed by atoms with Gasteiger partial charge in [0.05, 0.1) is 10.9 Å². The van der Waals surface area contributed by atoms with Gasteiger partial charge < -0.3 is 0 Å². The first kappa shape index (κ1) is 16.7. The lowest BCUT2D eigenvalue weighted by atomic mass is 10.2. The number of benzene rings is 1. The smallest absolute Gasteiger partial charge is 0.207 e. The third-order valence-corrected chi connectivity index (χ3v) is 7.23. The molecule has 0 saturated heterocycles. The minimum Gasteiger partial charge on any atom is -0.207 e. The van der Waals surface area contributed by atoms with Crippen molar-refractivity contribution in [1.29, 1.82) is 0 Å². The minimum absolute atomic E-state index is 0.176. The molecule has 0 saturated carbocycles. The van der Waals surface area contributed by atoms with E-state index in [0.717, 1.165) is 10.4 Å². The third kappa shape index (κ3) is 3.56. The molecule has 2 aromatic rings. The van der Waals surface area contributed by atoms with Crippen molar-refractivity contribution in [2.45, 2.75) is 30.1 Å². The van der Waals surface area contributed by atoms with Crippen molar-refractivity contribution in [2.75, 3.05) is 7.05 Å². The van der Waals surface area contributed by atoms with Crippen molar-refractivity contribution < 1.29 is 8.42 Å². The maximum Gasteiger partial charge on any atom is 0.243 e. The lowest BCUT2D eigenvalue weighted by Gasteiger charge is -2.23. The summed E-state index contributed by atoms with van der Waals surface area (Å²) in [5, 5.41) is 0.716. The maximum absolute atomic E-state index is 12.7. The molecular formula is C15H18BrNO2S2. The van der Waals surface area contributed by atoms with E-state index in [0.29, 0.717) is 10.2 Å². The van der Waals surface area contributed by atoms with Crippen LogP contribution in [0.4, 0.5) is 0 Å². The van der Waals surface area contributed by atoms with E-state index < -0.39 is 10.0 Å². The number of aryl methyl sites for hydroxylation is 1. The SMILES string of the molecule is Cc1ccc(C(C)N(C)S(=O)(=O)c2ccc(CBr)cc2)s1. The van der Waals surface area contributed by atoms with Crippen molar-refractivity contribution in [2.24, 2.45) is 0 Å². The van der Waals surface area contributed by atoms with Gasteiger partial charge in [-0.25, -0.2) is 8.42 Å². The highest BCUT2D eigenvalue weighted by Crippen LogP contribution is 2.30. The Labute approximate surface area is 138 Å². The Balaban J connectivity index is 2.29. The topological polar surface area (TPSA) is 37.4 Å². The first-order valence-electron chi connectivity index (χ1n) is 6.55. The summed E-state index contributed by atoms with van der Waals surface area (Å²) in [5.74, 6) is 0. The standard InChI is InChI=1S/C15H18BrNO2S2/c1-11-4-9-15(20-11)12(2)17(3)21(18,19)14-7-5-13(10-16)6-8-14/h4-9,12H,10H2,1-3H3. The van der Waals surface area contributed by atoms with Crippen molar-refractivity contribution in [1.82, 2.24) is 4.31 Å². The quantitative estimate of drug-likeness (QED) is 0.715. The van der Waals surface area contributed by atoms with Gasteiger partial charge in [-0.3, -0.25) is 0 Å². The molecule has 114 valence electrons. The molecule has 0 radical (unpaired) electrons. The first-order valence-corrected chi connectivity index (χ1v) is 9.93. The van der Waals surface area contributed by atoms with Gasteiger partial charge in [0, 0.05) is 22.1 Å². The van der Waals surface area contributed by atoms with Crippen LogP contribution in [0.3, 0.4) is 0 Å². The predicted molar refractivity (Wildman–Crippen MR) is 91.5 cm³/mol. The van der Waals surface area contributed by atoms with E-state index in [2.05, 4.69) is 15.9 Å². The lowest BCUT2D eigenvalue weighted by Crippen LogP contribution is -2.29. The molecule has 0 fully saturated rings. The fourth-order valence-electron chi connectivity index (χ4n) is 1.98. The number of hydrogen-bond donors (Lipinski definition) is 0. The number of sulfonamides is 1. The minimum atomic E-state index is -3.48. The maximum atomic E-state index is 12.7. The molecule has 0 N–H and O–H groups in total. The molecular weight excluding hydrogens is 370 g/mol. The molecule has 21 heavy (non-hydrogen) atoms. The molecule has 0 bridgehead atoms. The highest BCUT2D eigenvalue weighted by atomic mass is 79.9. The Morgan fingerprint density at radius 1 is 1.19 bits per heavy atom. The molecule has 1 unspecified atom stereocenters. The lowest BCUT2D eigenvalue weighted by molar-refractivity contribution is 0.403. The normalized spacial score (nSPS) is 13.6. The highest BCUT2D eigenvalue weighted by molar-refractivity contribution is 9.08. The summed E-state index contributed by atoms with van der Waals surface area (Å²) in [6.07, 6.45) is 0. The zero-order valence-electron chi connectivity index (χ0n) is 12.2. The summed E-state index contributed by atoms with van der Waals surface area (Å²) in [4.78, 5) is 2.56. The Morgan fingerprint density at radius 3 is 2.29 bits per heavy atom. The van der Waals surface area contributed by atoms with E-state index in [1.807, 2.05) is 38.1 Å². The van der Waals surface area contributed by atoms with E-state index in [4.69, 9.17) is 0 Å². The summed E-state index contributed by atoms with van der Waals surface area (Å²) >= 11 is 4.99. The van der Waals surface area contributed by atoms with Crippen LogP contribution in [0.15, 0.2) is 41.3 Å². The van der Waals surface area contributed by atoms with Crippen LogP contribution in [0.5, 0.6) is 0 Å². The summed E-state index contributed by atoms with van der Waals surface area (Å²) in [5.41, 5.74) is 1.05. The van der Waals surface area contributed by atoms with Crippen LogP contribution in [0, 0.1) is 6.92 Å². The molecule has 0 spiro atoms. The van der Waals surface area contributed by atoms with E-state index in [-0.39, 0.29) is 6.04 Å². The van der Waals surface area contributed by atoms with Crippen LogP contribution in [0.1, 0.15) is 28.3 Å². The molecule has 0 aliphatic carbocycles. The number of alkyl halides is 1. The van der Waals surface area contributed by atoms with Gasteiger partial charge in [0.15, 0.2) is 0 Å². The first-order chi connectivity index (χ1) is 9.86. The van der Waals surface area contributed by atoms with Crippen molar-refractivity contribution >= 4 is 37.3 Å². The molecule has 3 nitrogen and oxygen atoms in total. The Hall–Kier alpha value is -0.690. The fraction of sp³-hybridized carbons (Fsp3) is 0.333. The van der Waals surface area contributed by atoms with E-state index in [1.54, 1.807) is 30.5 Å². The number of halogens is 1. The van der Waals surface area contributed by atoms with Crippen LogP contribution in [0.25, 0.3) is 0 Å². The molecule has 1 atom stereocenters. The van der Waals surface area contributed by atoms with Gasteiger partial charge in [0.25, 0.3) is 0 Å². The molecule has 6 heteroatoms. The number of thiophene rings is 1. The van der Waals surface area contributed by atoms with E-state index in [9.17, 15) is 8.42 Å². The third-order valence-electron chi connectivity index (χ3n) is 3.47. The van der Waals surface area contributed by atoms with Crippen LogP contribution in [0.2, 0.25) is 0 Å². The number of nitrogens with zero attached hydrogens (tertiary/aromatic N) is 1. The van der Waals surface area contributed by atoms with Gasteiger partial charge >= 0.3 is 0 Å². The second kappa shape index (κ2) is 6.60. The number of rotatable bonds is 5. The fourth-order valence-corrected chi connectivity index (χ4v) is 4.74. The zero-order chi connectivity index (χ0) is 15.6. The largest absolute Gasteiger partial charge is 0.243 e. The van der Waals surface area contributed by atoms with Crippen LogP contribution >= 0.6 is 27.3 Å². The van der Waals surface area contributed by atoms with Gasteiger partial charge in [0.2, 0.25) is 10.0 Å². The van der Waals surface area contributed by atoms with Gasteiger partial charge in [-0.2, -0.15) is 4.31 Å². The predicted octanol–water partition coefficient (Wildman–Crippen LogP) is 4.33. The van der Waals surface area contributed by atoms with Crippen LogP contribution in [-0.2, 0) is 15.4 Å². The average molecular weight is 388 g/mol. The second-order valence-corrected chi connectivity index (χ2v) is 8.80. The second-order valence-electron chi connectivity index (χ2n) is 4.92. The molecule has 0 aliphatic rings. The Bertz CT molecular complexity index is 708. The van der Waals surface area contributed by atoms with Gasteiger partial charge in [-0.05, 0) is 43.7 Å². The van der Waals surface area contributed by atoms with Crippen molar-refractivity contribution in [3.63, 3.8) is 0 Å². The van der Waals surface area contributed by atoms with Gasteiger partial charge in [-0.15, -0.1) is 11.3 Å². The Morgan fingerprint density at radius 2 is 1.81 bits per heavy atom. The monoisotopic (exact) mass is 387 g/mol. The zero-order valence-corrected chi connectivity index (χ0v) is 15.4. The van der Waals surface area contributed by atoms with Gasteiger partial charge in [-0.1, -0.05) is 28.1 Å². The molecule has 2 rings (SSSR count). The Kier molecular flexibility index (Phi) is 5.24. The molecule has 0 aliphatic heterocycles. The molecule has 1 heterocycles. The highest BCUT2D eigenvalue weighted by Gasteiger charge is 2.26.